The molecule has 0 aliphatic carbocycles. The van der Waals surface area contributed by atoms with Crippen molar-refractivity contribution in [3.63, 3.8) is 0 Å². The highest BCUT2D eigenvalue weighted by molar-refractivity contribution is 6.15. The molecular weight excluding hydrogens is 157 g/mol. The summed E-state index contributed by atoms with van der Waals surface area (Å²) in [5, 5.41) is 0. The number of hydrogen-bond acceptors (Lipinski definition) is 1. The molecular formula is C11H22BN. The zero-order valence-corrected chi connectivity index (χ0v) is 10.1. The van der Waals surface area contributed by atoms with E-state index in [0.717, 1.165) is 0 Å². The minimum atomic E-state index is 0.0364. The van der Waals surface area contributed by atoms with E-state index in [1.807, 2.05) is 6.21 Å². The Kier molecular flexibility index (Phi) is 3.96. The van der Waals surface area contributed by atoms with Gasteiger partial charge in [0.05, 0.1) is 0 Å². The van der Waals surface area contributed by atoms with Gasteiger partial charge in [-0.05, 0) is 32.3 Å². The van der Waals surface area contributed by atoms with Gasteiger partial charge in [0.15, 0.2) is 0 Å². The molecule has 0 spiro atoms. The van der Waals surface area contributed by atoms with Crippen LogP contribution in [0.25, 0.3) is 0 Å². The fourth-order valence-corrected chi connectivity index (χ4v) is 0.623. The molecule has 0 aromatic rings. The fourth-order valence-electron chi connectivity index (χ4n) is 0.623. The first kappa shape index (κ1) is 12.5. The van der Waals surface area contributed by atoms with E-state index >= 15 is 0 Å². The molecule has 0 fully saturated rings. The molecule has 0 heterocycles. The molecule has 13 heavy (non-hydrogen) atoms. The fraction of sp³-hybridized carbons (Fsp3) is 0.727. The minimum absolute atomic E-state index is 0.0364. The smallest absolute Gasteiger partial charge is 0.136 e. The second-order valence-corrected chi connectivity index (χ2v) is 5.55. The Hall–Kier alpha value is -0.525. The number of rotatable bonds is 2. The van der Waals surface area contributed by atoms with Crippen LogP contribution in [-0.4, -0.2) is 19.5 Å². The van der Waals surface area contributed by atoms with Crippen molar-refractivity contribution in [3.05, 3.63) is 11.6 Å². The molecule has 2 heteroatoms. The highest BCUT2D eigenvalue weighted by atomic mass is 14.8. The van der Waals surface area contributed by atoms with E-state index in [1.165, 1.54) is 5.57 Å². The Labute approximate surface area is 83.7 Å². The van der Waals surface area contributed by atoms with Gasteiger partial charge in [0.1, 0.15) is 7.85 Å². The van der Waals surface area contributed by atoms with Crippen molar-refractivity contribution in [1.29, 1.82) is 0 Å². The molecule has 0 radical (unpaired) electrons. The average molecular weight is 179 g/mol. The first-order valence-corrected chi connectivity index (χ1v) is 4.85. The SMILES string of the molecule is BC(C)(C)/N=C\C=C(\C)C(C)(C)C. The molecule has 0 bridgehead atoms. The maximum absolute atomic E-state index is 4.41. The van der Waals surface area contributed by atoms with E-state index in [0.29, 0.717) is 0 Å². The molecule has 0 N–H and O–H groups in total. The van der Waals surface area contributed by atoms with Gasteiger partial charge in [-0.3, -0.25) is 4.99 Å². The number of nitrogens with zero attached hydrogens (tertiary/aromatic N) is 1. The third kappa shape index (κ3) is 6.62. The van der Waals surface area contributed by atoms with E-state index in [-0.39, 0.29) is 10.9 Å². The van der Waals surface area contributed by atoms with Crippen LogP contribution >= 0.6 is 0 Å². The van der Waals surface area contributed by atoms with Gasteiger partial charge in [-0.2, -0.15) is 0 Å². The van der Waals surface area contributed by atoms with Gasteiger partial charge in [-0.1, -0.05) is 26.3 Å². The quantitative estimate of drug-likeness (QED) is 0.456. The lowest BCUT2D eigenvalue weighted by Crippen LogP contribution is -2.15. The molecule has 0 aromatic heterocycles. The molecule has 0 aliphatic heterocycles. The number of allylic oxidation sites excluding steroid dienone is 2. The van der Waals surface area contributed by atoms with Crippen molar-refractivity contribution in [3.8, 4) is 0 Å². The van der Waals surface area contributed by atoms with E-state index in [9.17, 15) is 0 Å². The van der Waals surface area contributed by atoms with Crippen LogP contribution < -0.4 is 0 Å². The van der Waals surface area contributed by atoms with Crippen LogP contribution in [0.3, 0.4) is 0 Å². The highest BCUT2D eigenvalue weighted by Crippen LogP contribution is 2.23. The third-order valence-electron chi connectivity index (χ3n) is 1.97. The van der Waals surface area contributed by atoms with E-state index < -0.39 is 0 Å². The molecule has 0 aromatic carbocycles. The van der Waals surface area contributed by atoms with Crippen molar-refractivity contribution in [1.82, 2.24) is 0 Å². The van der Waals surface area contributed by atoms with Crippen LogP contribution in [0.2, 0.25) is 0 Å². The van der Waals surface area contributed by atoms with Crippen molar-refractivity contribution in [2.45, 2.75) is 47.0 Å². The lowest BCUT2D eigenvalue weighted by Gasteiger charge is -2.19. The average Bonchev–Trinajstić information content (AvgIpc) is 1.82. The maximum atomic E-state index is 4.41. The zero-order valence-electron chi connectivity index (χ0n) is 10.1. The molecule has 0 atom stereocenters. The monoisotopic (exact) mass is 179 g/mol. The Balaban J connectivity index is 4.37. The van der Waals surface area contributed by atoms with Crippen molar-refractivity contribution in [2.24, 2.45) is 10.4 Å². The summed E-state index contributed by atoms with van der Waals surface area (Å²) in [6.07, 6.45) is 4.02. The first-order chi connectivity index (χ1) is 5.63. The summed E-state index contributed by atoms with van der Waals surface area (Å²) in [6, 6.07) is 0. The molecule has 0 unspecified atom stereocenters. The lowest BCUT2D eigenvalue weighted by molar-refractivity contribution is 0.505. The normalized spacial score (nSPS) is 15.4. The van der Waals surface area contributed by atoms with Crippen LogP contribution in [0.5, 0.6) is 0 Å². The lowest BCUT2D eigenvalue weighted by atomic mass is 9.82. The van der Waals surface area contributed by atoms with Gasteiger partial charge in [0.25, 0.3) is 0 Å². The van der Waals surface area contributed by atoms with E-state index in [2.05, 4.69) is 60.5 Å². The van der Waals surface area contributed by atoms with Gasteiger partial charge in [-0.25, -0.2) is 0 Å². The molecule has 74 valence electrons. The summed E-state index contributed by atoms with van der Waals surface area (Å²) in [5.41, 5.74) is 1.65. The van der Waals surface area contributed by atoms with Crippen LogP contribution in [0, 0.1) is 5.41 Å². The van der Waals surface area contributed by atoms with Gasteiger partial charge < -0.3 is 0 Å². The molecule has 0 amide bonds. The van der Waals surface area contributed by atoms with Crippen LogP contribution in [-0.2, 0) is 0 Å². The summed E-state index contributed by atoms with van der Waals surface area (Å²) >= 11 is 0. The molecule has 0 rings (SSSR count). The van der Waals surface area contributed by atoms with Crippen molar-refractivity contribution < 1.29 is 0 Å². The second kappa shape index (κ2) is 4.12. The van der Waals surface area contributed by atoms with Crippen molar-refractivity contribution >= 4 is 14.1 Å². The highest BCUT2D eigenvalue weighted by Gasteiger charge is 2.11. The Bertz CT molecular complexity index is 213. The molecule has 0 saturated carbocycles. The molecule has 1 nitrogen and oxygen atoms in total. The summed E-state index contributed by atoms with van der Waals surface area (Å²) < 4.78 is 0. The number of hydrogen-bond donors (Lipinski definition) is 0. The summed E-state index contributed by atoms with van der Waals surface area (Å²) in [4.78, 5) is 4.41. The number of aliphatic imine (C=N–C) groups is 1. The molecule has 0 saturated heterocycles. The van der Waals surface area contributed by atoms with Gasteiger partial charge in [0.2, 0.25) is 0 Å². The van der Waals surface area contributed by atoms with Gasteiger partial charge in [-0.15, -0.1) is 0 Å². The topological polar surface area (TPSA) is 12.4 Å². The third-order valence-corrected chi connectivity index (χ3v) is 1.97. The van der Waals surface area contributed by atoms with E-state index in [4.69, 9.17) is 0 Å². The molecule has 0 aliphatic rings. The van der Waals surface area contributed by atoms with Crippen LogP contribution in [0.1, 0.15) is 41.5 Å². The zero-order chi connectivity index (χ0) is 10.7. The Morgan fingerprint density at radius 2 is 1.62 bits per heavy atom. The maximum Gasteiger partial charge on any atom is 0.136 e. The second-order valence-electron chi connectivity index (χ2n) is 5.55. The van der Waals surface area contributed by atoms with Gasteiger partial charge in [0, 0.05) is 11.7 Å². The van der Waals surface area contributed by atoms with Crippen LogP contribution in [0.15, 0.2) is 16.6 Å². The Morgan fingerprint density at radius 1 is 1.15 bits per heavy atom. The standard InChI is InChI=1S/C11H22BN/c1-9(10(2,3)4)7-8-13-11(5,6)12/h7-8H,12H2,1-6H3/b9-7-,13-8-. The van der Waals surface area contributed by atoms with Crippen molar-refractivity contribution in [2.75, 3.05) is 0 Å². The summed E-state index contributed by atoms with van der Waals surface area (Å²) in [6.45, 7) is 13.0. The first-order valence-electron chi connectivity index (χ1n) is 4.85. The van der Waals surface area contributed by atoms with Gasteiger partial charge >= 0.3 is 0 Å². The summed E-state index contributed by atoms with van der Waals surface area (Å²) in [7, 11) is 2.10. The largest absolute Gasteiger partial charge is 0.296 e. The van der Waals surface area contributed by atoms with Crippen LogP contribution in [0.4, 0.5) is 0 Å². The Morgan fingerprint density at radius 3 is 1.92 bits per heavy atom. The minimum Gasteiger partial charge on any atom is -0.296 e. The van der Waals surface area contributed by atoms with E-state index in [1.54, 1.807) is 0 Å². The predicted octanol–water partition coefficient (Wildman–Crippen LogP) is 2.42. The predicted molar refractivity (Wildman–Crippen MR) is 64.3 cm³/mol. The summed E-state index contributed by atoms with van der Waals surface area (Å²) in [5.74, 6) is 0.